The number of benzene rings is 1. The molecular formula is C10H12BrF2NO. The van der Waals surface area contributed by atoms with Gasteiger partial charge in [0, 0.05) is 10.2 Å². The second-order valence-electron chi connectivity index (χ2n) is 3.44. The van der Waals surface area contributed by atoms with E-state index in [0.29, 0.717) is 10.2 Å². The van der Waals surface area contributed by atoms with E-state index in [4.69, 9.17) is 5.73 Å². The Bertz CT molecular complexity index is 356. The van der Waals surface area contributed by atoms with Crippen LogP contribution in [0.25, 0.3) is 0 Å². The molecule has 0 heterocycles. The van der Waals surface area contributed by atoms with Crippen molar-refractivity contribution in [1.29, 1.82) is 0 Å². The van der Waals surface area contributed by atoms with Gasteiger partial charge in [0.05, 0.1) is 0 Å². The van der Waals surface area contributed by atoms with Crippen LogP contribution in [0.3, 0.4) is 0 Å². The summed E-state index contributed by atoms with van der Waals surface area (Å²) in [5, 5.41) is 0. The lowest BCUT2D eigenvalue weighted by atomic mass is 10.0. The van der Waals surface area contributed by atoms with Crippen molar-refractivity contribution in [2.75, 3.05) is 5.73 Å². The van der Waals surface area contributed by atoms with Crippen molar-refractivity contribution in [2.45, 2.75) is 26.4 Å². The summed E-state index contributed by atoms with van der Waals surface area (Å²) in [4.78, 5) is 0. The van der Waals surface area contributed by atoms with Crippen molar-refractivity contribution in [3.63, 3.8) is 0 Å². The van der Waals surface area contributed by atoms with Gasteiger partial charge < -0.3 is 10.5 Å². The molecule has 0 aromatic heterocycles. The molecule has 0 saturated carbocycles. The van der Waals surface area contributed by atoms with Gasteiger partial charge >= 0.3 is 6.61 Å². The summed E-state index contributed by atoms with van der Waals surface area (Å²) in [5.41, 5.74) is 7.15. The van der Waals surface area contributed by atoms with E-state index in [1.54, 1.807) is 0 Å². The highest BCUT2D eigenvalue weighted by atomic mass is 79.9. The summed E-state index contributed by atoms with van der Waals surface area (Å²) in [6.45, 7) is 1.05. The van der Waals surface area contributed by atoms with Crippen LogP contribution in [-0.4, -0.2) is 6.61 Å². The molecule has 0 bridgehead atoms. The topological polar surface area (TPSA) is 35.2 Å². The normalized spacial score (nSPS) is 11.1. The van der Waals surface area contributed by atoms with Crippen molar-refractivity contribution >= 4 is 21.6 Å². The fraction of sp³-hybridized carbons (Fsp3) is 0.400. The Labute approximate surface area is 95.5 Å². The van der Waals surface area contributed by atoms with Crippen LogP contribution in [0.5, 0.6) is 5.75 Å². The number of hydrogen-bond donors (Lipinski definition) is 1. The van der Waals surface area contributed by atoms with E-state index < -0.39 is 6.61 Å². The first-order chi connectivity index (χ1) is 6.91. The third kappa shape index (κ3) is 3.06. The van der Waals surface area contributed by atoms with Gasteiger partial charge in [-0.15, -0.1) is 0 Å². The van der Waals surface area contributed by atoms with Crippen molar-refractivity contribution in [1.82, 2.24) is 0 Å². The molecule has 0 saturated heterocycles. The average molecular weight is 280 g/mol. The molecule has 1 aromatic carbocycles. The Morgan fingerprint density at radius 1 is 1.33 bits per heavy atom. The van der Waals surface area contributed by atoms with E-state index >= 15 is 0 Å². The van der Waals surface area contributed by atoms with Crippen LogP contribution in [0.2, 0.25) is 0 Å². The predicted octanol–water partition coefficient (Wildman–Crippen LogP) is 3.76. The number of anilines is 1. The van der Waals surface area contributed by atoms with E-state index in [9.17, 15) is 8.78 Å². The Morgan fingerprint density at radius 2 is 1.93 bits per heavy atom. The minimum absolute atomic E-state index is 0.120. The highest BCUT2D eigenvalue weighted by Crippen LogP contribution is 2.34. The number of nitrogen functional groups attached to an aromatic ring is 1. The van der Waals surface area contributed by atoms with Gasteiger partial charge in [-0.25, -0.2) is 0 Å². The SMILES string of the molecule is CC(C)c1cc(OC(F)F)cc(Br)c1N. The fourth-order valence-electron chi connectivity index (χ4n) is 1.26. The molecule has 2 N–H and O–H groups in total. The first-order valence-electron chi connectivity index (χ1n) is 4.45. The van der Waals surface area contributed by atoms with Crippen molar-refractivity contribution in [2.24, 2.45) is 0 Å². The van der Waals surface area contributed by atoms with Gasteiger partial charge in [-0.1, -0.05) is 13.8 Å². The number of alkyl halides is 2. The van der Waals surface area contributed by atoms with Crippen LogP contribution in [0.15, 0.2) is 16.6 Å². The molecule has 15 heavy (non-hydrogen) atoms. The molecule has 84 valence electrons. The standard InChI is InChI=1S/C10H12BrF2NO/c1-5(2)7-3-6(15-10(12)13)4-8(11)9(7)14/h3-5,10H,14H2,1-2H3. The zero-order valence-electron chi connectivity index (χ0n) is 8.43. The van der Waals surface area contributed by atoms with Crippen LogP contribution in [0, 0.1) is 0 Å². The summed E-state index contributed by atoms with van der Waals surface area (Å²) >= 11 is 3.21. The van der Waals surface area contributed by atoms with Gasteiger partial charge in [-0.2, -0.15) is 8.78 Å². The average Bonchev–Trinajstić information content (AvgIpc) is 2.09. The van der Waals surface area contributed by atoms with E-state index in [1.807, 2.05) is 13.8 Å². The fourth-order valence-corrected chi connectivity index (χ4v) is 1.72. The molecule has 2 nitrogen and oxygen atoms in total. The number of ether oxygens (including phenoxy) is 1. The van der Waals surface area contributed by atoms with E-state index in [0.717, 1.165) is 5.56 Å². The molecule has 0 amide bonds. The van der Waals surface area contributed by atoms with E-state index in [-0.39, 0.29) is 11.7 Å². The Balaban J connectivity index is 3.11. The van der Waals surface area contributed by atoms with Gasteiger partial charge in [0.25, 0.3) is 0 Å². The monoisotopic (exact) mass is 279 g/mol. The molecule has 0 aliphatic carbocycles. The highest BCUT2D eigenvalue weighted by molar-refractivity contribution is 9.10. The first kappa shape index (κ1) is 12.2. The third-order valence-corrected chi connectivity index (χ3v) is 2.64. The largest absolute Gasteiger partial charge is 0.435 e. The Hall–Kier alpha value is -0.840. The summed E-state index contributed by atoms with van der Waals surface area (Å²) < 4.78 is 28.9. The van der Waals surface area contributed by atoms with Gasteiger partial charge in [-0.3, -0.25) is 0 Å². The van der Waals surface area contributed by atoms with Gasteiger partial charge in [0.2, 0.25) is 0 Å². The zero-order valence-corrected chi connectivity index (χ0v) is 10.0. The molecule has 0 fully saturated rings. The van der Waals surface area contributed by atoms with Gasteiger partial charge in [0.1, 0.15) is 5.75 Å². The summed E-state index contributed by atoms with van der Waals surface area (Å²) in [6.07, 6.45) is 0. The molecular weight excluding hydrogens is 268 g/mol. The second-order valence-corrected chi connectivity index (χ2v) is 4.30. The highest BCUT2D eigenvalue weighted by Gasteiger charge is 2.12. The molecule has 0 radical (unpaired) electrons. The number of hydrogen-bond acceptors (Lipinski definition) is 2. The minimum Gasteiger partial charge on any atom is -0.435 e. The van der Waals surface area contributed by atoms with Gasteiger partial charge in [0.15, 0.2) is 0 Å². The lowest BCUT2D eigenvalue weighted by Crippen LogP contribution is -2.04. The van der Waals surface area contributed by atoms with Crippen molar-refractivity contribution < 1.29 is 13.5 Å². The van der Waals surface area contributed by atoms with Crippen molar-refractivity contribution in [3.8, 4) is 5.75 Å². The third-order valence-electron chi connectivity index (χ3n) is 1.98. The lowest BCUT2D eigenvalue weighted by molar-refractivity contribution is -0.0499. The number of rotatable bonds is 3. The lowest BCUT2D eigenvalue weighted by Gasteiger charge is -2.13. The molecule has 0 spiro atoms. The van der Waals surface area contributed by atoms with Crippen LogP contribution < -0.4 is 10.5 Å². The maximum absolute atomic E-state index is 12.0. The summed E-state index contributed by atoms with van der Waals surface area (Å²) in [5.74, 6) is 0.275. The summed E-state index contributed by atoms with van der Waals surface area (Å²) in [6, 6.07) is 2.98. The molecule has 0 unspecified atom stereocenters. The predicted molar refractivity (Wildman–Crippen MR) is 59.3 cm³/mol. The Morgan fingerprint density at radius 3 is 2.40 bits per heavy atom. The van der Waals surface area contributed by atoms with Crippen LogP contribution in [0.1, 0.15) is 25.3 Å². The van der Waals surface area contributed by atoms with Gasteiger partial charge in [-0.05, 0) is 39.5 Å². The van der Waals surface area contributed by atoms with Crippen LogP contribution in [-0.2, 0) is 0 Å². The molecule has 1 aromatic rings. The molecule has 0 aliphatic heterocycles. The van der Waals surface area contributed by atoms with E-state index in [1.165, 1.54) is 12.1 Å². The number of nitrogens with two attached hydrogens (primary N) is 1. The summed E-state index contributed by atoms with van der Waals surface area (Å²) in [7, 11) is 0. The quantitative estimate of drug-likeness (QED) is 0.856. The second kappa shape index (κ2) is 4.79. The molecule has 0 atom stereocenters. The van der Waals surface area contributed by atoms with Crippen LogP contribution >= 0.6 is 15.9 Å². The number of halogens is 3. The Kier molecular flexibility index (Phi) is 3.90. The molecule has 5 heteroatoms. The van der Waals surface area contributed by atoms with Crippen LogP contribution in [0.4, 0.5) is 14.5 Å². The molecule has 1 rings (SSSR count). The van der Waals surface area contributed by atoms with Crippen molar-refractivity contribution in [3.05, 3.63) is 22.2 Å². The zero-order chi connectivity index (χ0) is 11.6. The van der Waals surface area contributed by atoms with E-state index in [2.05, 4.69) is 20.7 Å². The minimum atomic E-state index is -2.82. The smallest absolute Gasteiger partial charge is 0.387 e. The maximum Gasteiger partial charge on any atom is 0.387 e. The maximum atomic E-state index is 12.0. The molecule has 0 aliphatic rings. The first-order valence-corrected chi connectivity index (χ1v) is 5.24.